The lowest BCUT2D eigenvalue weighted by molar-refractivity contribution is 0.535. The summed E-state index contributed by atoms with van der Waals surface area (Å²) < 4.78 is 7.48. The van der Waals surface area contributed by atoms with Crippen LogP contribution in [-0.4, -0.2) is 25.3 Å². The molecule has 5 aromatic rings. The molecule has 1 atom stereocenters. The van der Waals surface area contributed by atoms with Crippen LogP contribution in [0.15, 0.2) is 77.2 Å². The minimum absolute atomic E-state index is 0.190. The second kappa shape index (κ2) is 5.96. The van der Waals surface area contributed by atoms with Crippen molar-refractivity contribution < 1.29 is 4.42 Å². The molecule has 3 heterocycles. The number of furan rings is 1. The SMILES string of the molecule is c1ccc([C@@H](Nc2ccc3nnnn3n2)c2cc3ccccc3o2)cc1. The molecule has 0 saturated heterocycles. The predicted molar refractivity (Wildman–Crippen MR) is 96.7 cm³/mol. The fraction of sp³-hybridized carbons (Fsp3) is 0.0526. The average Bonchev–Trinajstić information content (AvgIpc) is 3.32. The molecular formula is C19H14N6O. The Labute approximate surface area is 148 Å². The van der Waals surface area contributed by atoms with Crippen LogP contribution in [0.3, 0.4) is 0 Å². The maximum Gasteiger partial charge on any atom is 0.200 e. The molecule has 0 aliphatic carbocycles. The minimum Gasteiger partial charge on any atom is -0.459 e. The number of hydrogen-bond donors (Lipinski definition) is 1. The zero-order valence-corrected chi connectivity index (χ0v) is 13.6. The maximum absolute atomic E-state index is 6.09. The Morgan fingerprint density at radius 2 is 1.77 bits per heavy atom. The molecule has 0 aliphatic rings. The third-order valence-electron chi connectivity index (χ3n) is 4.22. The molecular weight excluding hydrogens is 328 g/mol. The number of para-hydroxylation sites is 1. The first kappa shape index (κ1) is 14.6. The van der Waals surface area contributed by atoms with Crippen molar-refractivity contribution in [1.82, 2.24) is 25.3 Å². The number of aromatic nitrogens is 5. The van der Waals surface area contributed by atoms with Crippen LogP contribution in [0.2, 0.25) is 0 Å². The molecule has 0 fully saturated rings. The van der Waals surface area contributed by atoms with E-state index in [1.54, 1.807) is 0 Å². The molecule has 7 nitrogen and oxygen atoms in total. The second-order valence-corrected chi connectivity index (χ2v) is 5.92. The van der Waals surface area contributed by atoms with Crippen LogP contribution in [0.1, 0.15) is 17.4 Å². The Morgan fingerprint density at radius 3 is 2.65 bits per heavy atom. The highest BCUT2D eigenvalue weighted by Gasteiger charge is 2.19. The molecule has 5 rings (SSSR count). The van der Waals surface area contributed by atoms with Gasteiger partial charge < -0.3 is 9.73 Å². The van der Waals surface area contributed by atoms with Gasteiger partial charge in [-0.25, -0.2) is 0 Å². The van der Waals surface area contributed by atoms with Crippen LogP contribution >= 0.6 is 0 Å². The smallest absolute Gasteiger partial charge is 0.200 e. The molecule has 0 bridgehead atoms. The van der Waals surface area contributed by atoms with Gasteiger partial charge in [0.25, 0.3) is 0 Å². The Kier molecular flexibility index (Phi) is 3.35. The Bertz CT molecular complexity index is 1150. The van der Waals surface area contributed by atoms with Crippen LogP contribution in [-0.2, 0) is 0 Å². The number of benzene rings is 2. The number of nitrogens with zero attached hydrogens (tertiary/aromatic N) is 5. The van der Waals surface area contributed by atoms with Crippen molar-refractivity contribution in [3.8, 4) is 0 Å². The van der Waals surface area contributed by atoms with Crippen molar-refractivity contribution in [2.24, 2.45) is 0 Å². The maximum atomic E-state index is 6.09. The standard InChI is InChI=1S/C19H14N6O/c1-2-6-13(7-3-1)19(16-12-14-8-4-5-9-15(14)26-16)20-17-10-11-18-21-23-24-25(18)22-17/h1-12,19H,(H,20,22)/t19-/m1/s1. The monoisotopic (exact) mass is 342 g/mol. The molecule has 2 aromatic carbocycles. The second-order valence-electron chi connectivity index (χ2n) is 5.92. The third kappa shape index (κ3) is 2.55. The van der Waals surface area contributed by atoms with Crippen molar-refractivity contribution in [2.45, 2.75) is 6.04 Å². The van der Waals surface area contributed by atoms with Gasteiger partial charge in [-0.15, -0.1) is 14.8 Å². The summed E-state index contributed by atoms with van der Waals surface area (Å²) in [4.78, 5) is 0. The largest absolute Gasteiger partial charge is 0.459 e. The molecule has 26 heavy (non-hydrogen) atoms. The lowest BCUT2D eigenvalue weighted by atomic mass is 10.0. The van der Waals surface area contributed by atoms with Gasteiger partial charge in [0.05, 0.1) is 0 Å². The predicted octanol–water partition coefficient (Wildman–Crippen LogP) is 3.47. The normalized spacial score (nSPS) is 12.5. The van der Waals surface area contributed by atoms with E-state index < -0.39 is 0 Å². The molecule has 0 radical (unpaired) electrons. The first-order valence-electron chi connectivity index (χ1n) is 8.22. The van der Waals surface area contributed by atoms with Gasteiger partial charge >= 0.3 is 0 Å². The number of fused-ring (bicyclic) bond motifs is 2. The fourth-order valence-electron chi connectivity index (χ4n) is 2.98. The molecule has 1 N–H and O–H groups in total. The van der Waals surface area contributed by atoms with Crippen molar-refractivity contribution in [3.05, 3.63) is 84.1 Å². The molecule has 0 saturated carbocycles. The summed E-state index contributed by atoms with van der Waals surface area (Å²) in [6.45, 7) is 0. The Morgan fingerprint density at radius 1 is 0.923 bits per heavy atom. The first-order chi connectivity index (χ1) is 12.9. The molecule has 7 heteroatoms. The zero-order valence-electron chi connectivity index (χ0n) is 13.6. The summed E-state index contributed by atoms with van der Waals surface area (Å²) in [6, 6.07) is 23.6. The van der Waals surface area contributed by atoms with E-state index in [9.17, 15) is 0 Å². The lowest BCUT2D eigenvalue weighted by Gasteiger charge is -2.17. The van der Waals surface area contributed by atoms with E-state index in [1.807, 2.05) is 54.6 Å². The number of nitrogens with one attached hydrogen (secondary N) is 1. The summed E-state index contributed by atoms with van der Waals surface area (Å²) >= 11 is 0. The Balaban J connectivity index is 1.59. The van der Waals surface area contributed by atoms with E-state index in [4.69, 9.17) is 4.42 Å². The number of rotatable bonds is 4. The van der Waals surface area contributed by atoms with Crippen LogP contribution in [0.25, 0.3) is 16.6 Å². The highest BCUT2D eigenvalue weighted by Crippen LogP contribution is 2.30. The number of tetrazole rings is 1. The summed E-state index contributed by atoms with van der Waals surface area (Å²) in [5, 5.41) is 20.3. The van der Waals surface area contributed by atoms with E-state index in [-0.39, 0.29) is 6.04 Å². The van der Waals surface area contributed by atoms with Crippen LogP contribution in [0.4, 0.5) is 5.82 Å². The van der Waals surface area contributed by atoms with Gasteiger partial charge in [0.2, 0.25) is 0 Å². The van der Waals surface area contributed by atoms with Gasteiger partial charge in [-0.05, 0) is 40.3 Å². The quantitative estimate of drug-likeness (QED) is 0.539. The molecule has 0 amide bonds. The average molecular weight is 342 g/mol. The van der Waals surface area contributed by atoms with E-state index in [0.29, 0.717) is 11.5 Å². The molecule has 0 aliphatic heterocycles. The van der Waals surface area contributed by atoms with E-state index >= 15 is 0 Å². The van der Waals surface area contributed by atoms with Gasteiger partial charge in [0.1, 0.15) is 23.2 Å². The minimum atomic E-state index is -0.190. The molecule has 0 unspecified atom stereocenters. The highest BCUT2D eigenvalue weighted by molar-refractivity contribution is 5.78. The molecule has 0 spiro atoms. The van der Waals surface area contributed by atoms with Gasteiger partial charge in [-0.3, -0.25) is 0 Å². The van der Waals surface area contributed by atoms with E-state index in [1.165, 1.54) is 4.63 Å². The zero-order chi connectivity index (χ0) is 17.3. The first-order valence-corrected chi connectivity index (χ1v) is 8.22. The van der Waals surface area contributed by atoms with E-state index in [2.05, 4.69) is 44.1 Å². The van der Waals surface area contributed by atoms with Crippen molar-refractivity contribution in [2.75, 3.05) is 5.32 Å². The summed E-state index contributed by atoms with van der Waals surface area (Å²) in [6.07, 6.45) is 0. The lowest BCUT2D eigenvalue weighted by Crippen LogP contribution is -2.13. The van der Waals surface area contributed by atoms with E-state index in [0.717, 1.165) is 22.3 Å². The van der Waals surface area contributed by atoms with Gasteiger partial charge in [-0.2, -0.15) is 0 Å². The fourth-order valence-corrected chi connectivity index (χ4v) is 2.98. The van der Waals surface area contributed by atoms with Crippen molar-refractivity contribution >= 4 is 22.4 Å². The third-order valence-corrected chi connectivity index (χ3v) is 4.22. The number of anilines is 1. The number of hydrogen-bond acceptors (Lipinski definition) is 6. The topological polar surface area (TPSA) is 81.1 Å². The Hall–Kier alpha value is -3.74. The van der Waals surface area contributed by atoms with Crippen LogP contribution in [0, 0.1) is 0 Å². The summed E-state index contributed by atoms with van der Waals surface area (Å²) in [5.41, 5.74) is 2.52. The summed E-state index contributed by atoms with van der Waals surface area (Å²) in [5.74, 6) is 1.47. The van der Waals surface area contributed by atoms with Crippen LogP contribution in [0.5, 0.6) is 0 Å². The van der Waals surface area contributed by atoms with Gasteiger partial charge in [0, 0.05) is 5.39 Å². The summed E-state index contributed by atoms with van der Waals surface area (Å²) in [7, 11) is 0. The molecule has 3 aromatic heterocycles. The van der Waals surface area contributed by atoms with Gasteiger partial charge in [-0.1, -0.05) is 48.5 Å². The highest BCUT2D eigenvalue weighted by atomic mass is 16.3. The van der Waals surface area contributed by atoms with Crippen molar-refractivity contribution in [3.63, 3.8) is 0 Å². The van der Waals surface area contributed by atoms with Crippen molar-refractivity contribution in [1.29, 1.82) is 0 Å². The molecule has 126 valence electrons. The van der Waals surface area contributed by atoms with Crippen LogP contribution < -0.4 is 5.32 Å². The van der Waals surface area contributed by atoms with Gasteiger partial charge in [0.15, 0.2) is 5.65 Å².